The lowest BCUT2D eigenvalue weighted by atomic mass is 10.0. The monoisotopic (exact) mass is 292 g/mol. The van der Waals surface area contributed by atoms with E-state index in [1.165, 1.54) is 0 Å². The highest BCUT2D eigenvalue weighted by Crippen LogP contribution is 2.36. The first-order valence-corrected chi connectivity index (χ1v) is 5.12. The molecular weight excluding hydrogens is 286 g/mol. The van der Waals surface area contributed by atoms with Crippen molar-refractivity contribution < 1.29 is 26.3 Å². The highest BCUT2D eigenvalue weighted by atomic mass is 19.2. The number of hydrogen-bond acceptors (Lipinski definition) is 2. The van der Waals surface area contributed by atoms with Gasteiger partial charge in [0.15, 0.2) is 23.3 Å². The van der Waals surface area contributed by atoms with Crippen LogP contribution in [0.2, 0.25) is 0 Å². The lowest BCUT2D eigenvalue weighted by Crippen LogP contribution is -2.06. The Morgan fingerprint density at radius 1 is 0.550 bits per heavy atom. The molecule has 0 fully saturated rings. The minimum absolute atomic E-state index is 0.334. The predicted octanol–water partition coefficient (Wildman–Crippen LogP) is 3.35. The maximum Gasteiger partial charge on any atom is 0.182 e. The summed E-state index contributed by atoms with van der Waals surface area (Å²) in [5, 5.41) is 0. The number of nitrogens with two attached hydrogens (primary N) is 2. The van der Waals surface area contributed by atoms with Gasteiger partial charge in [-0.1, -0.05) is 0 Å². The summed E-state index contributed by atoms with van der Waals surface area (Å²) in [4.78, 5) is 0. The molecule has 4 N–H and O–H groups in total. The highest BCUT2D eigenvalue weighted by Gasteiger charge is 2.27. The number of benzene rings is 2. The van der Waals surface area contributed by atoms with Crippen molar-refractivity contribution >= 4 is 11.4 Å². The largest absolute Gasteiger partial charge is 0.396 e. The average molecular weight is 292 g/mol. The standard InChI is InChI=1S/C12H6F6N2/c13-3-1-5(19)9(15)11(17)7(3)8-4(14)2-6(20)10(16)12(8)18/h1-2H,19-20H2. The molecule has 2 aromatic rings. The Labute approximate surface area is 108 Å². The van der Waals surface area contributed by atoms with Crippen LogP contribution in [0, 0.1) is 34.9 Å². The van der Waals surface area contributed by atoms with Crippen LogP contribution in [0.25, 0.3) is 11.1 Å². The van der Waals surface area contributed by atoms with E-state index in [1.54, 1.807) is 0 Å². The number of halogens is 6. The van der Waals surface area contributed by atoms with Gasteiger partial charge in [0.2, 0.25) is 0 Å². The molecule has 0 heterocycles. The number of hydrogen-bond donors (Lipinski definition) is 2. The molecule has 0 radical (unpaired) electrons. The van der Waals surface area contributed by atoms with Crippen molar-refractivity contribution in [3.63, 3.8) is 0 Å². The Morgan fingerprint density at radius 3 is 1.15 bits per heavy atom. The summed E-state index contributed by atoms with van der Waals surface area (Å²) in [5.41, 5.74) is 5.35. The molecule has 8 heteroatoms. The quantitative estimate of drug-likeness (QED) is 0.481. The molecule has 0 amide bonds. The second kappa shape index (κ2) is 4.62. The normalized spacial score (nSPS) is 10.9. The van der Waals surface area contributed by atoms with Crippen LogP contribution in [0.5, 0.6) is 0 Å². The third-order valence-corrected chi connectivity index (χ3v) is 2.62. The summed E-state index contributed by atoms with van der Waals surface area (Å²) in [7, 11) is 0. The maximum absolute atomic E-state index is 13.6. The van der Waals surface area contributed by atoms with Gasteiger partial charge in [0.05, 0.1) is 22.5 Å². The van der Waals surface area contributed by atoms with Crippen molar-refractivity contribution in [2.45, 2.75) is 0 Å². The van der Waals surface area contributed by atoms with Crippen LogP contribution in [0.4, 0.5) is 37.7 Å². The lowest BCUT2D eigenvalue weighted by molar-refractivity contribution is 0.486. The van der Waals surface area contributed by atoms with Gasteiger partial charge in [-0.05, 0) is 0 Å². The zero-order valence-electron chi connectivity index (χ0n) is 9.58. The molecule has 0 saturated heterocycles. The molecule has 0 atom stereocenters. The molecule has 0 aliphatic heterocycles. The van der Waals surface area contributed by atoms with Gasteiger partial charge >= 0.3 is 0 Å². The van der Waals surface area contributed by atoms with Gasteiger partial charge in [0.25, 0.3) is 0 Å². The third-order valence-electron chi connectivity index (χ3n) is 2.62. The van der Waals surface area contributed by atoms with Crippen LogP contribution in [0.15, 0.2) is 12.1 Å². The fourth-order valence-corrected chi connectivity index (χ4v) is 1.69. The van der Waals surface area contributed by atoms with E-state index >= 15 is 0 Å². The Bertz CT molecular complexity index is 653. The van der Waals surface area contributed by atoms with Gasteiger partial charge in [-0.3, -0.25) is 0 Å². The molecule has 0 saturated carbocycles. The Kier molecular flexibility index (Phi) is 3.24. The first-order chi connectivity index (χ1) is 9.25. The topological polar surface area (TPSA) is 52.0 Å². The molecule has 0 bridgehead atoms. The van der Waals surface area contributed by atoms with Crippen LogP contribution in [-0.2, 0) is 0 Å². The van der Waals surface area contributed by atoms with Crippen molar-refractivity contribution in [1.29, 1.82) is 0 Å². The van der Waals surface area contributed by atoms with Gasteiger partial charge in [0.1, 0.15) is 11.6 Å². The fraction of sp³-hybridized carbons (Fsp3) is 0. The van der Waals surface area contributed by atoms with Gasteiger partial charge in [-0.25, -0.2) is 26.3 Å². The van der Waals surface area contributed by atoms with Crippen molar-refractivity contribution in [1.82, 2.24) is 0 Å². The Hall–Kier alpha value is -2.38. The van der Waals surface area contributed by atoms with Crippen molar-refractivity contribution in [3.8, 4) is 11.1 Å². The van der Waals surface area contributed by atoms with Crippen LogP contribution < -0.4 is 11.5 Å². The van der Waals surface area contributed by atoms with Crippen molar-refractivity contribution in [2.24, 2.45) is 0 Å². The molecule has 106 valence electrons. The first kappa shape index (κ1) is 14.0. The lowest BCUT2D eigenvalue weighted by Gasteiger charge is -2.11. The predicted molar refractivity (Wildman–Crippen MR) is 60.5 cm³/mol. The van der Waals surface area contributed by atoms with Gasteiger partial charge in [-0.15, -0.1) is 0 Å². The molecule has 0 spiro atoms. The molecule has 0 aromatic heterocycles. The number of rotatable bonds is 1. The van der Waals surface area contributed by atoms with E-state index in [0.29, 0.717) is 12.1 Å². The second-order valence-corrected chi connectivity index (χ2v) is 3.90. The molecule has 0 aliphatic rings. The van der Waals surface area contributed by atoms with E-state index in [1.807, 2.05) is 0 Å². The number of anilines is 2. The van der Waals surface area contributed by atoms with Gasteiger partial charge in [0, 0.05) is 12.1 Å². The fourth-order valence-electron chi connectivity index (χ4n) is 1.69. The van der Waals surface area contributed by atoms with E-state index in [-0.39, 0.29) is 0 Å². The molecule has 2 rings (SSSR count). The van der Waals surface area contributed by atoms with Crippen LogP contribution in [0.3, 0.4) is 0 Å². The molecule has 0 unspecified atom stereocenters. The third kappa shape index (κ3) is 1.93. The summed E-state index contributed by atoms with van der Waals surface area (Å²) in [5.74, 6) is -10.3. The summed E-state index contributed by atoms with van der Waals surface area (Å²) >= 11 is 0. The van der Waals surface area contributed by atoms with Crippen molar-refractivity contribution in [3.05, 3.63) is 47.0 Å². The summed E-state index contributed by atoms with van der Waals surface area (Å²) in [6, 6.07) is 0.668. The molecule has 2 aromatic carbocycles. The van der Waals surface area contributed by atoms with Crippen LogP contribution in [-0.4, -0.2) is 0 Å². The molecule has 0 aliphatic carbocycles. The van der Waals surface area contributed by atoms with Gasteiger partial charge < -0.3 is 11.5 Å². The summed E-state index contributed by atoms with van der Waals surface area (Å²) in [6.07, 6.45) is 0. The first-order valence-electron chi connectivity index (χ1n) is 5.12. The van der Waals surface area contributed by atoms with E-state index in [4.69, 9.17) is 11.5 Å². The smallest absolute Gasteiger partial charge is 0.182 e. The van der Waals surface area contributed by atoms with E-state index in [0.717, 1.165) is 0 Å². The van der Waals surface area contributed by atoms with Crippen molar-refractivity contribution in [2.75, 3.05) is 11.5 Å². The van der Waals surface area contributed by atoms with Crippen LogP contribution in [0.1, 0.15) is 0 Å². The molecule has 20 heavy (non-hydrogen) atoms. The summed E-state index contributed by atoms with van der Waals surface area (Å²) in [6.45, 7) is 0. The highest BCUT2D eigenvalue weighted by molar-refractivity contribution is 5.71. The Morgan fingerprint density at radius 2 is 0.850 bits per heavy atom. The number of nitrogen functional groups attached to an aromatic ring is 2. The minimum Gasteiger partial charge on any atom is -0.396 e. The summed E-state index contributed by atoms with van der Waals surface area (Å²) < 4.78 is 81.0. The van der Waals surface area contributed by atoms with E-state index in [9.17, 15) is 26.3 Å². The maximum atomic E-state index is 13.6. The minimum atomic E-state index is -1.93. The zero-order valence-corrected chi connectivity index (χ0v) is 9.58. The van der Waals surface area contributed by atoms with E-state index in [2.05, 4.69) is 0 Å². The van der Waals surface area contributed by atoms with Gasteiger partial charge in [-0.2, -0.15) is 0 Å². The SMILES string of the molecule is Nc1cc(F)c(-c2c(F)cc(N)c(F)c2F)c(F)c1F. The average Bonchev–Trinajstić information content (AvgIpc) is 2.37. The van der Waals surface area contributed by atoms with E-state index < -0.39 is 57.4 Å². The van der Waals surface area contributed by atoms with Crippen LogP contribution >= 0.6 is 0 Å². The molecule has 2 nitrogen and oxygen atoms in total. The zero-order chi connectivity index (χ0) is 15.2. The second-order valence-electron chi connectivity index (χ2n) is 3.90. The molecular formula is C12H6F6N2. The Balaban J connectivity index is 2.90.